The Hall–Kier alpha value is -2.85. The zero-order valence-electron chi connectivity index (χ0n) is 17.0. The van der Waals surface area contributed by atoms with Crippen LogP contribution in [-0.4, -0.2) is 89.6 Å². The Labute approximate surface area is 175 Å². The van der Waals surface area contributed by atoms with Crippen LogP contribution in [0.25, 0.3) is 0 Å². The highest BCUT2D eigenvalue weighted by Crippen LogP contribution is 2.10. The van der Waals surface area contributed by atoms with Gasteiger partial charge in [0.2, 0.25) is 5.91 Å². The lowest BCUT2D eigenvalue weighted by Crippen LogP contribution is -2.56. The van der Waals surface area contributed by atoms with Gasteiger partial charge in [-0.25, -0.2) is 9.59 Å². The first-order valence-electron chi connectivity index (χ1n) is 9.91. The number of hydrogen-bond donors (Lipinski definition) is 3. The summed E-state index contributed by atoms with van der Waals surface area (Å²) in [6.45, 7) is 2.63. The van der Waals surface area contributed by atoms with E-state index < -0.39 is 36.8 Å². The number of benzene rings is 1. The van der Waals surface area contributed by atoms with Gasteiger partial charge in [-0.15, -0.1) is 0 Å². The molecular weight excluding hydrogens is 394 g/mol. The van der Waals surface area contributed by atoms with E-state index >= 15 is 0 Å². The van der Waals surface area contributed by atoms with Gasteiger partial charge in [-0.3, -0.25) is 4.79 Å². The van der Waals surface area contributed by atoms with Crippen molar-refractivity contribution in [2.45, 2.75) is 32.1 Å². The van der Waals surface area contributed by atoms with Gasteiger partial charge in [0.05, 0.1) is 19.3 Å². The molecule has 0 aliphatic carbocycles. The third-order valence-electron chi connectivity index (χ3n) is 4.64. The van der Waals surface area contributed by atoms with Crippen LogP contribution >= 0.6 is 0 Å². The number of amides is 3. The molecule has 1 aromatic carbocycles. The fourth-order valence-electron chi connectivity index (χ4n) is 3.02. The molecule has 1 aliphatic rings. The van der Waals surface area contributed by atoms with E-state index in [0.717, 1.165) is 5.56 Å². The van der Waals surface area contributed by atoms with Gasteiger partial charge >= 0.3 is 12.2 Å². The van der Waals surface area contributed by atoms with Crippen molar-refractivity contribution >= 4 is 18.1 Å². The molecule has 1 heterocycles. The van der Waals surface area contributed by atoms with E-state index in [0.29, 0.717) is 13.1 Å². The number of rotatable bonds is 8. The number of ether oxygens (including phenoxy) is 2. The lowest BCUT2D eigenvalue weighted by atomic mass is 10.1. The van der Waals surface area contributed by atoms with Crippen molar-refractivity contribution < 1.29 is 34.1 Å². The number of aliphatic hydroxyl groups is 2. The first-order valence-corrected chi connectivity index (χ1v) is 9.91. The highest BCUT2D eigenvalue weighted by Gasteiger charge is 2.31. The molecule has 166 valence electrons. The number of carbonyl (C=O) groups is 3. The predicted molar refractivity (Wildman–Crippen MR) is 106 cm³/mol. The summed E-state index contributed by atoms with van der Waals surface area (Å²) in [6, 6.07) is 8.01. The van der Waals surface area contributed by atoms with Gasteiger partial charge in [0.25, 0.3) is 0 Å². The molecule has 3 N–H and O–H groups in total. The second-order valence-electron chi connectivity index (χ2n) is 6.84. The average molecular weight is 423 g/mol. The van der Waals surface area contributed by atoms with Gasteiger partial charge < -0.3 is 34.8 Å². The van der Waals surface area contributed by atoms with Crippen molar-refractivity contribution in [1.29, 1.82) is 0 Å². The average Bonchev–Trinajstić information content (AvgIpc) is 2.77. The third kappa shape index (κ3) is 7.20. The van der Waals surface area contributed by atoms with Crippen molar-refractivity contribution in [3.8, 4) is 0 Å². The van der Waals surface area contributed by atoms with E-state index in [1.807, 2.05) is 18.2 Å². The number of piperazine rings is 1. The van der Waals surface area contributed by atoms with Crippen LogP contribution in [0.2, 0.25) is 0 Å². The number of hydrogen-bond acceptors (Lipinski definition) is 7. The molecule has 1 saturated heterocycles. The van der Waals surface area contributed by atoms with E-state index in [1.165, 1.54) is 9.80 Å². The molecule has 0 bridgehead atoms. The highest BCUT2D eigenvalue weighted by atomic mass is 16.6. The summed E-state index contributed by atoms with van der Waals surface area (Å²) in [5, 5.41) is 21.4. The second-order valence-corrected chi connectivity index (χ2v) is 6.84. The van der Waals surface area contributed by atoms with E-state index in [-0.39, 0.29) is 32.7 Å². The summed E-state index contributed by atoms with van der Waals surface area (Å²) in [7, 11) is 0. The van der Waals surface area contributed by atoms with Crippen LogP contribution in [0.5, 0.6) is 0 Å². The minimum atomic E-state index is -1.17. The molecule has 10 nitrogen and oxygen atoms in total. The summed E-state index contributed by atoms with van der Waals surface area (Å²) >= 11 is 0. The zero-order valence-corrected chi connectivity index (χ0v) is 17.0. The van der Waals surface area contributed by atoms with Crippen molar-refractivity contribution in [2.24, 2.45) is 0 Å². The molecule has 0 radical (unpaired) electrons. The standard InChI is InChI=1S/C20H29N3O7/c1-2-29-20(28)23-10-8-22(9-11-23)18(26)17(12-16(25)13-24)21-19(27)30-14-15-6-4-3-5-7-15/h3-7,16-17,24-25H,2,8-14H2,1H3,(H,21,27). The Morgan fingerprint density at radius 1 is 1.07 bits per heavy atom. The summed E-state index contributed by atoms with van der Waals surface area (Å²) in [4.78, 5) is 39.9. The molecule has 0 spiro atoms. The number of alkyl carbamates (subject to hydrolysis) is 1. The van der Waals surface area contributed by atoms with E-state index in [1.54, 1.807) is 19.1 Å². The first kappa shape index (κ1) is 23.4. The van der Waals surface area contributed by atoms with Gasteiger partial charge in [0, 0.05) is 32.6 Å². The van der Waals surface area contributed by atoms with Crippen molar-refractivity contribution in [3.05, 3.63) is 35.9 Å². The molecule has 0 saturated carbocycles. The molecule has 1 aliphatic heterocycles. The monoisotopic (exact) mass is 423 g/mol. The smallest absolute Gasteiger partial charge is 0.409 e. The maximum absolute atomic E-state index is 12.9. The summed E-state index contributed by atoms with van der Waals surface area (Å²) in [5.41, 5.74) is 0.793. The normalized spacial score (nSPS) is 15.8. The highest BCUT2D eigenvalue weighted by molar-refractivity contribution is 5.86. The molecule has 3 amide bonds. The molecule has 1 fully saturated rings. The summed E-state index contributed by atoms with van der Waals surface area (Å²) in [5.74, 6) is -0.414. The van der Waals surface area contributed by atoms with E-state index in [2.05, 4.69) is 5.32 Å². The number of nitrogens with one attached hydrogen (secondary N) is 1. The number of nitrogens with zero attached hydrogens (tertiary/aromatic N) is 2. The van der Waals surface area contributed by atoms with E-state index in [9.17, 15) is 19.5 Å². The van der Waals surface area contributed by atoms with Crippen LogP contribution in [0, 0.1) is 0 Å². The Balaban J connectivity index is 1.92. The molecule has 1 aromatic rings. The van der Waals surface area contributed by atoms with Crippen LogP contribution in [0.1, 0.15) is 18.9 Å². The first-order chi connectivity index (χ1) is 14.4. The van der Waals surface area contributed by atoms with Gasteiger partial charge in [-0.05, 0) is 12.5 Å². The van der Waals surface area contributed by atoms with Crippen molar-refractivity contribution in [2.75, 3.05) is 39.4 Å². The van der Waals surface area contributed by atoms with Crippen LogP contribution < -0.4 is 5.32 Å². The summed E-state index contributed by atoms with van der Waals surface area (Å²) in [6.07, 6.45) is -2.56. The van der Waals surface area contributed by atoms with Crippen molar-refractivity contribution in [1.82, 2.24) is 15.1 Å². The molecular formula is C20H29N3O7. The molecule has 30 heavy (non-hydrogen) atoms. The van der Waals surface area contributed by atoms with Crippen LogP contribution in [0.3, 0.4) is 0 Å². The predicted octanol–water partition coefficient (Wildman–Crippen LogP) is 0.325. The maximum atomic E-state index is 12.9. The molecule has 2 atom stereocenters. The summed E-state index contributed by atoms with van der Waals surface area (Å²) < 4.78 is 10.1. The zero-order chi connectivity index (χ0) is 21.9. The van der Waals surface area contributed by atoms with Gasteiger partial charge in [-0.1, -0.05) is 30.3 Å². The lowest BCUT2D eigenvalue weighted by Gasteiger charge is -2.36. The number of carbonyl (C=O) groups excluding carboxylic acids is 3. The minimum Gasteiger partial charge on any atom is -0.450 e. The van der Waals surface area contributed by atoms with Gasteiger partial charge in [0.15, 0.2) is 0 Å². The lowest BCUT2D eigenvalue weighted by molar-refractivity contribution is -0.136. The Morgan fingerprint density at radius 3 is 2.30 bits per heavy atom. The fourth-order valence-corrected chi connectivity index (χ4v) is 3.02. The molecule has 2 unspecified atom stereocenters. The van der Waals surface area contributed by atoms with Crippen LogP contribution in [0.15, 0.2) is 30.3 Å². The Morgan fingerprint density at radius 2 is 1.70 bits per heavy atom. The SMILES string of the molecule is CCOC(=O)N1CCN(C(=O)C(CC(O)CO)NC(=O)OCc2ccccc2)CC1. The largest absolute Gasteiger partial charge is 0.450 e. The number of aliphatic hydroxyl groups excluding tert-OH is 2. The Kier molecular flexibility index (Phi) is 9.36. The maximum Gasteiger partial charge on any atom is 0.409 e. The van der Waals surface area contributed by atoms with Gasteiger partial charge in [0.1, 0.15) is 12.6 Å². The van der Waals surface area contributed by atoms with Crippen molar-refractivity contribution in [3.63, 3.8) is 0 Å². The second kappa shape index (κ2) is 12.0. The van der Waals surface area contributed by atoms with Crippen LogP contribution in [-0.2, 0) is 20.9 Å². The third-order valence-corrected chi connectivity index (χ3v) is 4.64. The molecule has 10 heteroatoms. The quantitative estimate of drug-likeness (QED) is 0.549. The Bertz CT molecular complexity index is 693. The molecule has 2 rings (SSSR count). The topological polar surface area (TPSA) is 129 Å². The van der Waals surface area contributed by atoms with Gasteiger partial charge in [-0.2, -0.15) is 0 Å². The fraction of sp³-hybridized carbons (Fsp3) is 0.550. The van der Waals surface area contributed by atoms with Crippen LogP contribution in [0.4, 0.5) is 9.59 Å². The van der Waals surface area contributed by atoms with E-state index in [4.69, 9.17) is 14.6 Å². The molecule has 0 aromatic heterocycles. The minimum absolute atomic E-state index is 0.0361.